The van der Waals surface area contributed by atoms with Gasteiger partial charge in [0.15, 0.2) is 6.10 Å². The third kappa shape index (κ3) is 5.65. The second-order valence-corrected chi connectivity index (χ2v) is 11.5. The molecule has 0 bridgehead atoms. The number of anilines is 1. The monoisotopic (exact) mass is 515 g/mol. The summed E-state index contributed by atoms with van der Waals surface area (Å²) in [4.78, 5) is 24.9. The predicted molar refractivity (Wildman–Crippen MR) is 135 cm³/mol. The van der Waals surface area contributed by atoms with Gasteiger partial charge in [0.1, 0.15) is 11.5 Å². The van der Waals surface area contributed by atoms with Crippen molar-refractivity contribution in [3.05, 3.63) is 47.5 Å². The van der Waals surface area contributed by atoms with Crippen LogP contribution in [0.25, 0.3) is 0 Å². The van der Waals surface area contributed by atoms with E-state index >= 15 is 0 Å². The minimum atomic E-state index is -3.86. The van der Waals surface area contributed by atoms with Gasteiger partial charge in [-0.25, -0.2) is 8.42 Å². The fraction of sp³-hybridized carbons (Fsp3) is 0.462. The summed E-state index contributed by atoms with van der Waals surface area (Å²) in [6.07, 6.45) is 0.585. The smallest absolute Gasteiger partial charge is 0.265 e. The number of nitrogens with zero attached hydrogens (tertiary/aromatic N) is 1. The van der Waals surface area contributed by atoms with E-state index in [0.717, 1.165) is 11.3 Å². The number of carbonyl (C=O) groups is 2. The van der Waals surface area contributed by atoms with Crippen molar-refractivity contribution in [2.45, 2.75) is 64.2 Å². The summed E-state index contributed by atoms with van der Waals surface area (Å²) in [5, 5.41) is 5.68. The highest BCUT2D eigenvalue weighted by Crippen LogP contribution is 2.36. The molecule has 0 radical (unpaired) electrons. The molecule has 2 aromatic carbocycles. The van der Waals surface area contributed by atoms with E-state index in [-0.39, 0.29) is 29.4 Å². The van der Waals surface area contributed by atoms with Gasteiger partial charge in [-0.2, -0.15) is 4.31 Å². The topological polar surface area (TPSA) is 114 Å². The molecule has 0 spiro atoms. The van der Waals surface area contributed by atoms with Crippen LogP contribution in [-0.2, 0) is 26.2 Å². The number of aryl methyl sites for hydroxylation is 1. The fourth-order valence-corrected chi connectivity index (χ4v) is 6.17. The maximum atomic E-state index is 13.5. The Morgan fingerprint density at radius 3 is 2.67 bits per heavy atom. The Kier molecular flexibility index (Phi) is 7.56. The average molecular weight is 516 g/mol. The number of hydrogen-bond acceptors (Lipinski definition) is 6. The van der Waals surface area contributed by atoms with E-state index in [1.54, 1.807) is 19.9 Å². The number of fused-ring (bicyclic) bond motifs is 1. The number of piperidine rings is 1. The van der Waals surface area contributed by atoms with Gasteiger partial charge in [-0.05, 0) is 69.9 Å². The summed E-state index contributed by atoms with van der Waals surface area (Å²) in [6, 6.07) is 10.6. The van der Waals surface area contributed by atoms with E-state index in [0.29, 0.717) is 42.9 Å². The lowest BCUT2D eigenvalue weighted by Gasteiger charge is -2.32. The SMILES string of the molecule is Cc1cc2c(cc1S(=O)(=O)N1CCC[C@@H](C(=O)NCc3ccc(OC(C)C)cc3)C1)O[C@H](C)C(=O)N2. The van der Waals surface area contributed by atoms with Gasteiger partial charge in [0.25, 0.3) is 5.91 Å². The van der Waals surface area contributed by atoms with Crippen LogP contribution in [0.2, 0.25) is 0 Å². The number of benzene rings is 2. The van der Waals surface area contributed by atoms with Gasteiger partial charge < -0.3 is 20.1 Å². The number of amides is 2. The number of carbonyl (C=O) groups excluding carboxylic acids is 2. The Balaban J connectivity index is 1.42. The van der Waals surface area contributed by atoms with E-state index in [2.05, 4.69) is 10.6 Å². The second kappa shape index (κ2) is 10.5. The third-order valence-corrected chi connectivity index (χ3v) is 8.35. The molecule has 2 N–H and O–H groups in total. The molecule has 4 rings (SSSR count). The maximum absolute atomic E-state index is 13.5. The fourth-order valence-electron chi connectivity index (χ4n) is 4.43. The summed E-state index contributed by atoms with van der Waals surface area (Å²) < 4.78 is 39.7. The highest BCUT2D eigenvalue weighted by molar-refractivity contribution is 7.89. The third-order valence-electron chi connectivity index (χ3n) is 6.34. The Labute approximate surface area is 212 Å². The Hall–Kier alpha value is -3.11. The molecule has 194 valence electrons. The predicted octanol–water partition coefficient (Wildman–Crippen LogP) is 3.22. The van der Waals surface area contributed by atoms with Gasteiger partial charge in [-0.3, -0.25) is 9.59 Å². The van der Waals surface area contributed by atoms with Crippen molar-refractivity contribution in [3.63, 3.8) is 0 Å². The van der Waals surface area contributed by atoms with Crippen molar-refractivity contribution in [2.24, 2.45) is 5.92 Å². The zero-order valence-corrected chi connectivity index (χ0v) is 21.9. The molecule has 2 aromatic rings. The number of sulfonamides is 1. The Morgan fingerprint density at radius 1 is 1.25 bits per heavy atom. The van der Waals surface area contributed by atoms with Crippen molar-refractivity contribution >= 4 is 27.5 Å². The molecule has 1 fully saturated rings. The van der Waals surface area contributed by atoms with Crippen molar-refractivity contribution in [2.75, 3.05) is 18.4 Å². The lowest BCUT2D eigenvalue weighted by Crippen LogP contribution is -2.45. The van der Waals surface area contributed by atoms with Crippen LogP contribution in [0, 0.1) is 12.8 Å². The number of hydrogen-bond donors (Lipinski definition) is 2. The van der Waals surface area contributed by atoms with Gasteiger partial charge in [0.2, 0.25) is 15.9 Å². The Morgan fingerprint density at radius 2 is 1.97 bits per heavy atom. The molecule has 0 aliphatic carbocycles. The van der Waals surface area contributed by atoms with Crippen LogP contribution < -0.4 is 20.1 Å². The molecule has 9 nitrogen and oxygen atoms in total. The van der Waals surface area contributed by atoms with Crippen molar-refractivity contribution in [1.82, 2.24) is 9.62 Å². The summed E-state index contributed by atoms with van der Waals surface area (Å²) in [5.41, 5.74) is 1.89. The molecule has 36 heavy (non-hydrogen) atoms. The summed E-state index contributed by atoms with van der Waals surface area (Å²) in [7, 11) is -3.86. The van der Waals surface area contributed by atoms with Crippen LogP contribution >= 0.6 is 0 Å². The highest BCUT2D eigenvalue weighted by atomic mass is 32.2. The molecule has 2 aliphatic heterocycles. The Bertz CT molecular complexity index is 1240. The van der Waals surface area contributed by atoms with Crippen LogP contribution in [0.1, 0.15) is 44.7 Å². The lowest BCUT2D eigenvalue weighted by atomic mass is 9.99. The highest BCUT2D eigenvalue weighted by Gasteiger charge is 2.35. The van der Waals surface area contributed by atoms with Gasteiger partial charge in [0, 0.05) is 25.7 Å². The number of rotatable bonds is 7. The number of nitrogens with one attached hydrogen (secondary N) is 2. The maximum Gasteiger partial charge on any atom is 0.265 e. The van der Waals surface area contributed by atoms with Gasteiger partial charge in [-0.1, -0.05) is 12.1 Å². The molecule has 0 aromatic heterocycles. The molecule has 10 heteroatoms. The molecular weight excluding hydrogens is 482 g/mol. The molecule has 2 aliphatic rings. The first-order valence-electron chi connectivity index (χ1n) is 12.2. The van der Waals surface area contributed by atoms with Crippen LogP contribution in [0.3, 0.4) is 0 Å². The molecule has 0 saturated carbocycles. The quantitative estimate of drug-likeness (QED) is 0.585. The first-order chi connectivity index (χ1) is 17.0. The largest absolute Gasteiger partial charge is 0.491 e. The molecule has 2 amide bonds. The molecule has 0 unspecified atom stereocenters. The summed E-state index contributed by atoms with van der Waals surface area (Å²) >= 11 is 0. The average Bonchev–Trinajstić information content (AvgIpc) is 2.84. The van der Waals surface area contributed by atoms with Crippen molar-refractivity contribution in [1.29, 1.82) is 0 Å². The van der Waals surface area contributed by atoms with Gasteiger partial charge >= 0.3 is 0 Å². The minimum Gasteiger partial charge on any atom is -0.491 e. The van der Waals surface area contributed by atoms with E-state index in [4.69, 9.17) is 9.47 Å². The van der Waals surface area contributed by atoms with E-state index in [9.17, 15) is 18.0 Å². The van der Waals surface area contributed by atoms with Crippen LogP contribution in [0.5, 0.6) is 11.5 Å². The summed E-state index contributed by atoms with van der Waals surface area (Å²) in [5.74, 6) is 0.211. The first-order valence-corrected chi connectivity index (χ1v) is 13.6. The van der Waals surface area contributed by atoms with Gasteiger partial charge in [0.05, 0.1) is 22.6 Å². The lowest BCUT2D eigenvalue weighted by molar-refractivity contribution is -0.126. The van der Waals surface area contributed by atoms with Crippen molar-refractivity contribution in [3.8, 4) is 11.5 Å². The molecule has 2 heterocycles. The second-order valence-electron chi connectivity index (χ2n) is 9.59. The van der Waals surface area contributed by atoms with Crippen LogP contribution in [0.4, 0.5) is 5.69 Å². The van der Waals surface area contributed by atoms with E-state index in [1.807, 2.05) is 38.1 Å². The molecule has 2 atom stereocenters. The first kappa shape index (κ1) is 26.0. The van der Waals surface area contributed by atoms with Crippen LogP contribution in [0.15, 0.2) is 41.3 Å². The number of ether oxygens (including phenoxy) is 2. The zero-order chi connectivity index (χ0) is 26.0. The minimum absolute atomic E-state index is 0.0862. The van der Waals surface area contributed by atoms with Crippen molar-refractivity contribution < 1.29 is 27.5 Å². The molecular formula is C26H33N3O6S. The van der Waals surface area contributed by atoms with Crippen LogP contribution in [-0.4, -0.2) is 49.8 Å². The van der Waals surface area contributed by atoms with Gasteiger partial charge in [-0.15, -0.1) is 0 Å². The van der Waals surface area contributed by atoms with E-state index < -0.39 is 22.0 Å². The summed E-state index contributed by atoms with van der Waals surface area (Å²) in [6.45, 7) is 8.02. The normalized spacial score (nSPS) is 20.3. The van der Waals surface area contributed by atoms with E-state index in [1.165, 1.54) is 10.4 Å². The molecule has 1 saturated heterocycles. The zero-order valence-electron chi connectivity index (χ0n) is 21.0. The standard InChI is InChI=1S/C26H33N3O6S/c1-16(2)34-21-9-7-19(8-10-21)14-27-26(31)20-6-5-11-29(15-20)36(32,33)24-13-23-22(12-17(24)3)28-25(30)18(4)35-23/h7-10,12-13,16,18,20H,5-6,11,14-15H2,1-4H3,(H,27,31)(H,28,30)/t18-,20-/m1/s1.